The lowest BCUT2D eigenvalue weighted by Gasteiger charge is -2.60. The summed E-state index contributed by atoms with van der Waals surface area (Å²) in [6.45, 7) is 21.7. The first-order valence-corrected chi connectivity index (χ1v) is 15.0. The summed E-state index contributed by atoms with van der Waals surface area (Å²) in [5, 5.41) is 31.7. The first kappa shape index (κ1) is 33.8. The standard InChI is InChI=1S/C37H48O6/c1-21(2)11-12-26(24(7)8)19-36-20-27(17-23(5)6)35(9,10)37(34(36)43,16-15-22(3)4)33(42)30(32(36)41)31(40)25-13-14-28(38)29(39)18-25/h11,13-15,17-18,26-27,38-40H,7,12,16,19-20H2,1-6,8-10H3/t26?,27?,36-,37+/m1/s1. The Balaban J connectivity index is 2.49. The monoisotopic (exact) mass is 588 g/mol. The van der Waals surface area contributed by atoms with Crippen LogP contribution in [-0.4, -0.2) is 32.7 Å². The van der Waals surface area contributed by atoms with Gasteiger partial charge < -0.3 is 15.3 Å². The molecule has 0 spiro atoms. The largest absolute Gasteiger partial charge is 0.506 e. The van der Waals surface area contributed by atoms with Gasteiger partial charge in [0, 0.05) is 5.56 Å². The van der Waals surface area contributed by atoms with Crippen LogP contribution in [0.15, 0.2) is 70.9 Å². The third-order valence-electron chi connectivity index (χ3n) is 9.63. The normalized spacial score (nSPS) is 26.3. The average Bonchev–Trinajstić information content (AvgIpc) is 2.89. The first-order chi connectivity index (χ1) is 19.8. The highest BCUT2D eigenvalue weighted by atomic mass is 16.3. The number of phenols is 2. The van der Waals surface area contributed by atoms with Crippen LogP contribution >= 0.6 is 0 Å². The lowest BCUT2D eigenvalue weighted by molar-refractivity contribution is -0.175. The molecule has 2 unspecified atom stereocenters. The molecule has 2 bridgehead atoms. The van der Waals surface area contributed by atoms with Crippen molar-refractivity contribution >= 4 is 23.1 Å². The smallest absolute Gasteiger partial charge is 0.184 e. The van der Waals surface area contributed by atoms with Gasteiger partial charge in [0.1, 0.15) is 16.7 Å². The molecule has 0 radical (unpaired) electrons. The fourth-order valence-corrected chi connectivity index (χ4v) is 6.92. The van der Waals surface area contributed by atoms with Crippen molar-refractivity contribution in [1.82, 2.24) is 0 Å². The number of phenolic OH excluding ortho intramolecular Hbond substituents is 2. The summed E-state index contributed by atoms with van der Waals surface area (Å²) >= 11 is 0. The van der Waals surface area contributed by atoms with Gasteiger partial charge in [0.05, 0.1) is 5.41 Å². The van der Waals surface area contributed by atoms with E-state index in [9.17, 15) is 24.9 Å². The molecular weight excluding hydrogens is 540 g/mol. The number of carbonyl (C=O) groups excluding carboxylic acids is 3. The molecule has 2 fully saturated rings. The van der Waals surface area contributed by atoms with Gasteiger partial charge in [-0.3, -0.25) is 14.4 Å². The third-order valence-corrected chi connectivity index (χ3v) is 9.63. The molecule has 2 aliphatic carbocycles. The maximum absolute atomic E-state index is 15.1. The molecular formula is C37H48O6. The Morgan fingerprint density at radius 1 is 0.930 bits per heavy atom. The van der Waals surface area contributed by atoms with Crippen LogP contribution in [-0.2, 0) is 14.4 Å². The number of ketones is 3. The summed E-state index contributed by atoms with van der Waals surface area (Å²) < 4.78 is 0. The Morgan fingerprint density at radius 3 is 2.05 bits per heavy atom. The third kappa shape index (κ3) is 5.81. The van der Waals surface area contributed by atoms with Crippen molar-refractivity contribution in [2.24, 2.45) is 28.1 Å². The Labute approximate surface area is 256 Å². The van der Waals surface area contributed by atoms with Crippen LogP contribution in [0.2, 0.25) is 0 Å². The van der Waals surface area contributed by atoms with Crippen molar-refractivity contribution in [2.45, 2.75) is 88.0 Å². The molecule has 1 aromatic carbocycles. The molecule has 1 aromatic rings. The summed E-state index contributed by atoms with van der Waals surface area (Å²) in [6, 6.07) is 3.63. The molecule has 6 heteroatoms. The highest BCUT2D eigenvalue weighted by molar-refractivity contribution is 6.41. The zero-order valence-corrected chi connectivity index (χ0v) is 27.2. The Morgan fingerprint density at radius 2 is 1.53 bits per heavy atom. The number of fused-ring (bicyclic) bond motifs is 2. The van der Waals surface area contributed by atoms with Crippen LogP contribution in [0.4, 0.5) is 0 Å². The highest BCUT2D eigenvalue weighted by Crippen LogP contribution is 2.66. The molecule has 0 amide bonds. The highest BCUT2D eigenvalue weighted by Gasteiger charge is 2.74. The predicted octanol–water partition coefficient (Wildman–Crippen LogP) is 8.37. The van der Waals surface area contributed by atoms with Crippen LogP contribution in [0.5, 0.6) is 11.5 Å². The second-order valence-electron chi connectivity index (χ2n) is 13.9. The fourth-order valence-electron chi connectivity index (χ4n) is 6.92. The van der Waals surface area contributed by atoms with Gasteiger partial charge in [0.25, 0.3) is 0 Å². The van der Waals surface area contributed by atoms with E-state index in [4.69, 9.17) is 0 Å². The van der Waals surface area contributed by atoms with Crippen molar-refractivity contribution in [1.29, 1.82) is 0 Å². The lowest BCUT2D eigenvalue weighted by atomic mass is 9.38. The minimum absolute atomic E-state index is 0.00610. The molecule has 0 aromatic heterocycles. The van der Waals surface area contributed by atoms with Crippen molar-refractivity contribution < 1.29 is 29.7 Å². The maximum Gasteiger partial charge on any atom is 0.184 e. The van der Waals surface area contributed by atoms with Crippen LogP contribution in [0.25, 0.3) is 5.76 Å². The Kier molecular flexibility index (Phi) is 9.55. The van der Waals surface area contributed by atoms with Gasteiger partial charge in [-0.15, -0.1) is 0 Å². The van der Waals surface area contributed by atoms with E-state index in [1.165, 1.54) is 12.1 Å². The minimum Gasteiger partial charge on any atom is -0.506 e. The molecule has 2 aliphatic rings. The van der Waals surface area contributed by atoms with Crippen molar-refractivity contribution in [3.63, 3.8) is 0 Å². The summed E-state index contributed by atoms with van der Waals surface area (Å²) in [4.78, 5) is 44.8. The molecule has 6 nitrogen and oxygen atoms in total. The van der Waals surface area contributed by atoms with E-state index in [-0.39, 0.29) is 42.4 Å². The topological polar surface area (TPSA) is 112 Å². The minimum atomic E-state index is -1.63. The number of rotatable bonds is 9. The SMILES string of the molecule is C=C(C)C(CC=C(C)C)C[C@@]12CC(C=C(C)C)C(C)(C)[C@@](CC=C(C)C)(C(=O)C(=C(O)c3ccc(O)c(O)c3)C1=O)C2=O. The van der Waals surface area contributed by atoms with Crippen LogP contribution in [0.3, 0.4) is 0 Å². The van der Waals surface area contributed by atoms with Crippen LogP contribution in [0, 0.1) is 28.1 Å². The summed E-state index contributed by atoms with van der Waals surface area (Å²) in [7, 11) is 0. The van der Waals surface area contributed by atoms with Gasteiger partial charge in [-0.25, -0.2) is 0 Å². The zero-order valence-electron chi connectivity index (χ0n) is 27.2. The number of aliphatic hydroxyl groups excluding tert-OH is 1. The van der Waals surface area contributed by atoms with Gasteiger partial charge in [0.15, 0.2) is 28.8 Å². The van der Waals surface area contributed by atoms with Crippen molar-refractivity contribution in [2.75, 3.05) is 0 Å². The van der Waals surface area contributed by atoms with Gasteiger partial charge in [-0.05, 0) is 110 Å². The Hall–Kier alpha value is -3.67. The van der Waals surface area contributed by atoms with E-state index in [1.54, 1.807) is 0 Å². The van der Waals surface area contributed by atoms with Crippen molar-refractivity contribution in [3.05, 3.63) is 76.4 Å². The second-order valence-corrected chi connectivity index (χ2v) is 13.9. The maximum atomic E-state index is 15.1. The van der Waals surface area contributed by atoms with Crippen LogP contribution < -0.4 is 0 Å². The van der Waals surface area contributed by atoms with Crippen LogP contribution in [0.1, 0.15) is 93.6 Å². The fraction of sp³-hybridized carbons (Fsp3) is 0.486. The number of hydrogen-bond donors (Lipinski definition) is 3. The molecule has 3 N–H and O–H groups in total. The summed E-state index contributed by atoms with van der Waals surface area (Å²) in [5.41, 5.74) is -0.643. The molecule has 0 saturated heterocycles. The van der Waals surface area contributed by atoms with E-state index in [0.29, 0.717) is 6.42 Å². The van der Waals surface area contributed by atoms with Gasteiger partial charge in [-0.2, -0.15) is 0 Å². The van der Waals surface area contributed by atoms with Gasteiger partial charge in [0.2, 0.25) is 0 Å². The Bertz CT molecular complexity index is 1470. The lowest BCUT2D eigenvalue weighted by Crippen LogP contribution is -2.69. The molecule has 4 atom stereocenters. The average molecular weight is 589 g/mol. The molecule has 3 rings (SSSR count). The summed E-state index contributed by atoms with van der Waals surface area (Å²) in [6.07, 6.45) is 7.06. The van der Waals surface area contributed by atoms with E-state index in [1.807, 2.05) is 68.4 Å². The van der Waals surface area contributed by atoms with E-state index in [0.717, 1.165) is 28.4 Å². The quantitative estimate of drug-likeness (QED) is 0.0667. The van der Waals surface area contributed by atoms with E-state index < -0.39 is 50.6 Å². The number of carbonyl (C=O) groups is 3. The van der Waals surface area contributed by atoms with E-state index >= 15 is 4.79 Å². The number of Topliss-reactive ketones (excluding diaryl/α,β-unsaturated/α-hetero) is 3. The van der Waals surface area contributed by atoms with Crippen molar-refractivity contribution in [3.8, 4) is 11.5 Å². The molecule has 2 saturated carbocycles. The number of allylic oxidation sites excluding steroid dienone is 8. The number of benzene rings is 1. The molecule has 0 aliphatic heterocycles. The molecule has 232 valence electrons. The first-order valence-electron chi connectivity index (χ1n) is 15.0. The molecule has 43 heavy (non-hydrogen) atoms. The molecule has 0 heterocycles. The summed E-state index contributed by atoms with van der Waals surface area (Å²) in [5.74, 6) is -3.77. The zero-order chi connectivity index (χ0) is 32.7. The second kappa shape index (κ2) is 12.1. The van der Waals surface area contributed by atoms with Gasteiger partial charge >= 0.3 is 0 Å². The predicted molar refractivity (Wildman–Crippen MR) is 172 cm³/mol. The number of hydrogen-bond acceptors (Lipinski definition) is 6. The number of aromatic hydroxyl groups is 2. The van der Waals surface area contributed by atoms with Gasteiger partial charge in [-0.1, -0.05) is 60.9 Å². The number of aliphatic hydroxyl groups is 1. The van der Waals surface area contributed by atoms with E-state index in [2.05, 4.69) is 18.7 Å².